The second-order valence-corrected chi connectivity index (χ2v) is 6.21. The minimum absolute atomic E-state index is 0.0132. The number of hydrogen-bond donors (Lipinski definition) is 2. The van der Waals surface area contributed by atoms with E-state index in [-0.39, 0.29) is 11.9 Å². The van der Waals surface area contributed by atoms with Crippen molar-refractivity contribution in [3.05, 3.63) is 0 Å². The molecule has 0 spiro atoms. The molecule has 1 unspecified atom stereocenters. The van der Waals surface area contributed by atoms with Crippen LogP contribution < -0.4 is 10.6 Å². The third-order valence-corrected chi connectivity index (χ3v) is 4.64. The molecule has 20 heavy (non-hydrogen) atoms. The first kappa shape index (κ1) is 15.7. The van der Waals surface area contributed by atoms with Gasteiger partial charge in [0, 0.05) is 38.3 Å². The summed E-state index contributed by atoms with van der Waals surface area (Å²) < 4.78 is 0. The zero-order valence-electron chi connectivity index (χ0n) is 13.2. The topological polar surface area (TPSA) is 47.6 Å². The lowest BCUT2D eigenvalue weighted by Gasteiger charge is -2.44. The van der Waals surface area contributed by atoms with Gasteiger partial charge in [0.1, 0.15) is 6.04 Å². The average molecular weight is 282 g/mol. The molecule has 2 heterocycles. The molecule has 2 rings (SSSR count). The Balaban J connectivity index is 1.93. The number of piperidine rings is 1. The van der Waals surface area contributed by atoms with Crippen LogP contribution in [0.5, 0.6) is 0 Å². The molecule has 0 bridgehead atoms. The van der Waals surface area contributed by atoms with Crippen molar-refractivity contribution >= 4 is 5.91 Å². The Morgan fingerprint density at radius 1 is 1.30 bits per heavy atom. The van der Waals surface area contributed by atoms with Gasteiger partial charge in [-0.2, -0.15) is 0 Å². The van der Waals surface area contributed by atoms with Crippen LogP contribution in [0.4, 0.5) is 0 Å². The fourth-order valence-electron chi connectivity index (χ4n) is 3.43. The molecule has 0 aromatic carbocycles. The molecule has 2 saturated heterocycles. The highest BCUT2D eigenvalue weighted by atomic mass is 16.2. The quantitative estimate of drug-likeness (QED) is 0.777. The standard InChI is InChI=1S/C15H30N4O/c1-4-17-15(20)14-11-16-7-10-19(14)13-5-8-18(9-6-13)12(2)3/h12-14,16H,4-11H2,1-3H3,(H,17,20). The molecule has 2 aliphatic heterocycles. The van der Waals surface area contributed by atoms with Crippen molar-refractivity contribution in [1.82, 2.24) is 20.4 Å². The molecular formula is C15H30N4O. The van der Waals surface area contributed by atoms with Gasteiger partial charge in [-0.05, 0) is 46.7 Å². The van der Waals surface area contributed by atoms with Crippen LogP contribution in [-0.2, 0) is 4.79 Å². The lowest BCUT2D eigenvalue weighted by Crippen LogP contribution is -2.62. The maximum atomic E-state index is 12.2. The molecule has 1 atom stereocenters. The normalized spacial score (nSPS) is 26.9. The average Bonchev–Trinajstić information content (AvgIpc) is 2.47. The summed E-state index contributed by atoms with van der Waals surface area (Å²) in [4.78, 5) is 17.2. The summed E-state index contributed by atoms with van der Waals surface area (Å²) in [6, 6.07) is 1.22. The van der Waals surface area contributed by atoms with Gasteiger partial charge in [-0.1, -0.05) is 0 Å². The lowest BCUT2D eigenvalue weighted by atomic mass is 9.98. The monoisotopic (exact) mass is 282 g/mol. The third-order valence-electron chi connectivity index (χ3n) is 4.64. The molecule has 116 valence electrons. The van der Waals surface area contributed by atoms with Crippen LogP contribution in [0.3, 0.4) is 0 Å². The second-order valence-electron chi connectivity index (χ2n) is 6.21. The van der Waals surface area contributed by atoms with E-state index in [0.717, 1.165) is 39.3 Å². The van der Waals surface area contributed by atoms with Gasteiger partial charge in [-0.15, -0.1) is 0 Å². The van der Waals surface area contributed by atoms with E-state index in [1.165, 1.54) is 12.8 Å². The molecule has 0 saturated carbocycles. The van der Waals surface area contributed by atoms with Crippen LogP contribution in [0.25, 0.3) is 0 Å². The zero-order chi connectivity index (χ0) is 14.5. The molecule has 2 aliphatic rings. The highest BCUT2D eigenvalue weighted by Crippen LogP contribution is 2.21. The summed E-state index contributed by atoms with van der Waals surface area (Å²) in [7, 11) is 0. The molecule has 0 aromatic heterocycles. The number of hydrogen-bond acceptors (Lipinski definition) is 4. The fourth-order valence-corrected chi connectivity index (χ4v) is 3.43. The molecule has 2 fully saturated rings. The number of carbonyl (C=O) groups excluding carboxylic acids is 1. The SMILES string of the molecule is CCNC(=O)C1CNCCN1C1CCN(C(C)C)CC1. The third kappa shape index (κ3) is 3.71. The van der Waals surface area contributed by atoms with Crippen molar-refractivity contribution in [3.63, 3.8) is 0 Å². The number of likely N-dealkylation sites (N-methyl/N-ethyl adjacent to an activating group) is 1. The summed E-state index contributed by atoms with van der Waals surface area (Å²) in [6.07, 6.45) is 2.38. The van der Waals surface area contributed by atoms with E-state index in [9.17, 15) is 4.79 Å². The van der Waals surface area contributed by atoms with Crippen molar-refractivity contribution < 1.29 is 4.79 Å². The second kappa shape index (κ2) is 7.38. The molecule has 2 N–H and O–H groups in total. The van der Waals surface area contributed by atoms with Crippen LogP contribution in [0.1, 0.15) is 33.6 Å². The largest absolute Gasteiger partial charge is 0.355 e. The highest BCUT2D eigenvalue weighted by Gasteiger charge is 2.35. The minimum atomic E-state index is 0.0132. The number of piperazine rings is 1. The number of carbonyl (C=O) groups is 1. The van der Waals surface area contributed by atoms with E-state index < -0.39 is 0 Å². The van der Waals surface area contributed by atoms with E-state index in [0.29, 0.717) is 12.1 Å². The van der Waals surface area contributed by atoms with Crippen molar-refractivity contribution in [2.75, 3.05) is 39.3 Å². The van der Waals surface area contributed by atoms with E-state index in [2.05, 4.69) is 34.3 Å². The molecule has 0 aliphatic carbocycles. The highest BCUT2D eigenvalue weighted by molar-refractivity contribution is 5.82. The Morgan fingerprint density at radius 3 is 2.60 bits per heavy atom. The van der Waals surface area contributed by atoms with Gasteiger partial charge >= 0.3 is 0 Å². The number of nitrogens with one attached hydrogen (secondary N) is 2. The Kier molecular flexibility index (Phi) is 5.81. The van der Waals surface area contributed by atoms with Crippen LogP contribution in [0.2, 0.25) is 0 Å². The van der Waals surface area contributed by atoms with Crippen molar-refractivity contribution in [3.8, 4) is 0 Å². The van der Waals surface area contributed by atoms with Crippen LogP contribution >= 0.6 is 0 Å². The van der Waals surface area contributed by atoms with Crippen molar-refractivity contribution in [2.24, 2.45) is 0 Å². The predicted octanol–water partition coefficient (Wildman–Crippen LogP) is 0.269. The Labute approximate surface area is 123 Å². The number of nitrogens with zero attached hydrogens (tertiary/aromatic N) is 2. The minimum Gasteiger partial charge on any atom is -0.355 e. The molecule has 5 heteroatoms. The van der Waals surface area contributed by atoms with Gasteiger partial charge in [-0.3, -0.25) is 9.69 Å². The van der Waals surface area contributed by atoms with Gasteiger partial charge in [-0.25, -0.2) is 0 Å². The lowest BCUT2D eigenvalue weighted by molar-refractivity contribution is -0.128. The fraction of sp³-hybridized carbons (Fsp3) is 0.933. The maximum absolute atomic E-state index is 12.2. The van der Waals surface area contributed by atoms with Gasteiger partial charge < -0.3 is 15.5 Å². The smallest absolute Gasteiger partial charge is 0.238 e. The van der Waals surface area contributed by atoms with Crippen molar-refractivity contribution in [2.45, 2.75) is 51.7 Å². The maximum Gasteiger partial charge on any atom is 0.238 e. The zero-order valence-corrected chi connectivity index (χ0v) is 13.2. The van der Waals surface area contributed by atoms with Crippen LogP contribution in [0.15, 0.2) is 0 Å². The van der Waals surface area contributed by atoms with E-state index in [4.69, 9.17) is 0 Å². The Hall–Kier alpha value is -0.650. The number of rotatable bonds is 4. The Morgan fingerprint density at radius 2 is 2.00 bits per heavy atom. The van der Waals surface area contributed by atoms with Crippen molar-refractivity contribution in [1.29, 1.82) is 0 Å². The first-order chi connectivity index (χ1) is 9.63. The molecule has 0 aromatic rings. The molecular weight excluding hydrogens is 252 g/mol. The van der Waals surface area contributed by atoms with Gasteiger partial charge in [0.2, 0.25) is 5.91 Å². The summed E-state index contributed by atoms with van der Waals surface area (Å²) in [6.45, 7) is 12.3. The summed E-state index contributed by atoms with van der Waals surface area (Å²) >= 11 is 0. The predicted molar refractivity (Wildman–Crippen MR) is 81.8 cm³/mol. The van der Waals surface area contributed by atoms with E-state index in [1.807, 2.05) is 6.92 Å². The summed E-state index contributed by atoms with van der Waals surface area (Å²) in [5.74, 6) is 0.186. The Bertz CT molecular complexity index is 313. The first-order valence-corrected chi connectivity index (χ1v) is 8.11. The van der Waals surface area contributed by atoms with E-state index in [1.54, 1.807) is 0 Å². The number of amides is 1. The summed E-state index contributed by atoms with van der Waals surface area (Å²) in [5.41, 5.74) is 0. The first-order valence-electron chi connectivity index (χ1n) is 8.11. The van der Waals surface area contributed by atoms with Gasteiger partial charge in [0.25, 0.3) is 0 Å². The summed E-state index contributed by atoms with van der Waals surface area (Å²) in [5, 5.41) is 6.34. The van der Waals surface area contributed by atoms with Gasteiger partial charge in [0.05, 0.1) is 0 Å². The van der Waals surface area contributed by atoms with Gasteiger partial charge in [0.15, 0.2) is 0 Å². The molecule has 1 amide bonds. The van der Waals surface area contributed by atoms with E-state index >= 15 is 0 Å². The van der Waals surface area contributed by atoms with Crippen LogP contribution in [-0.4, -0.2) is 73.1 Å². The number of likely N-dealkylation sites (tertiary alicyclic amines) is 1. The molecule has 0 radical (unpaired) electrons. The van der Waals surface area contributed by atoms with Crippen LogP contribution in [0, 0.1) is 0 Å². The molecule has 5 nitrogen and oxygen atoms in total.